The highest BCUT2D eigenvalue weighted by Gasteiger charge is 2.41. The van der Waals surface area contributed by atoms with Gasteiger partial charge in [0.05, 0.1) is 12.5 Å². The maximum atomic E-state index is 12.2. The summed E-state index contributed by atoms with van der Waals surface area (Å²) in [7, 11) is 0. The molecule has 0 spiro atoms. The molecular weight excluding hydrogens is 256 g/mol. The highest BCUT2D eigenvalue weighted by atomic mass is 16.3. The first-order valence-corrected chi connectivity index (χ1v) is 6.97. The molecule has 1 unspecified atom stereocenters. The standard InChI is InChI=1S/C15H18N2O3/c18-9-10-1-3-12(4-2-10)16-15(20)11-7-14(19)17(8-11)13-5-6-13/h1-4,11,13,18H,5-9H2,(H,16,20). The monoisotopic (exact) mass is 274 g/mol. The number of aliphatic hydroxyl groups is 1. The summed E-state index contributed by atoms with van der Waals surface area (Å²) < 4.78 is 0. The van der Waals surface area contributed by atoms with E-state index in [1.165, 1.54) is 0 Å². The smallest absolute Gasteiger partial charge is 0.229 e. The Morgan fingerprint density at radius 1 is 1.30 bits per heavy atom. The fourth-order valence-corrected chi connectivity index (χ4v) is 2.58. The number of hydrogen-bond donors (Lipinski definition) is 2. The molecule has 106 valence electrons. The summed E-state index contributed by atoms with van der Waals surface area (Å²) in [5.41, 5.74) is 1.50. The van der Waals surface area contributed by atoms with E-state index in [0.717, 1.165) is 18.4 Å². The Morgan fingerprint density at radius 2 is 2.00 bits per heavy atom. The average Bonchev–Trinajstić information content (AvgIpc) is 3.22. The molecule has 2 amide bonds. The normalized spacial score (nSPS) is 22.1. The van der Waals surface area contributed by atoms with Gasteiger partial charge in [0.25, 0.3) is 0 Å². The Bertz CT molecular complexity index is 522. The van der Waals surface area contributed by atoms with Gasteiger partial charge in [0.15, 0.2) is 0 Å². The lowest BCUT2D eigenvalue weighted by Crippen LogP contribution is -2.29. The third kappa shape index (κ3) is 2.67. The minimum absolute atomic E-state index is 0.0122. The summed E-state index contributed by atoms with van der Waals surface area (Å²) >= 11 is 0. The highest BCUT2D eigenvalue weighted by molar-refractivity contribution is 5.97. The van der Waals surface area contributed by atoms with E-state index in [9.17, 15) is 9.59 Å². The van der Waals surface area contributed by atoms with Crippen LogP contribution in [0.3, 0.4) is 0 Å². The summed E-state index contributed by atoms with van der Waals surface area (Å²) in [6.45, 7) is 0.533. The molecule has 1 saturated carbocycles. The number of benzene rings is 1. The summed E-state index contributed by atoms with van der Waals surface area (Å²) in [4.78, 5) is 25.8. The third-order valence-electron chi connectivity index (χ3n) is 3.92. The summed E-state index contributed by atoms with van der Waals surface area (Å²) in [6, 6.07) is 7.44. The highest BCUT2D eigenvalue weighted by Crippen LogP contribution is 2.32. The lowest BCUT2D eigenvalue weighted by Gasteiger charge is -2.15. The fraction of sp³-hybridized carbons (Fsp3) is 0.467. The first kappa shape index (κ1) is 13.1. The van der Waals surface area contributed by atoms with Gasteiger partial charge in [-0.15, -0.1) is 0 Å². The number of carbonyl (C=O) groups excluding carboxylic acids is 2. The van der Waals surface area contributed by atoms with E-state index in [2.05, 4.69) is 5.32 Å². The Balaban J connectivity index is 1.60. The van der Waals surface area contributed by atoms with E-state index in [1.807, 2.05) is 4.90 Å². The number of nitrogens with one attached hydrogen (secondary N) is 1. The number of anilines is 1. The van der Waals surface area contributed by atoms with E-state index in [4.69, 9.17) is 5.11 Å². The predicted octanol–water partition coefficient (Wildman–Crippen LogP) is 1.13. The Hall–Kier alpha value is -1.88. The number of nitrogens with zero attached hydrogens (tertiary/aromatic N) is 1. The van der Waals surface area contributed by atoms with Gasteiger partial charge in [0.2, 0.25) is 11.8 Å². The summed E-state index contributed by atoms with van der Waals surface area (Å²) in [5.74, 6) is -0.248. The molecule has 1 aliphatic heterocycles. The van der Waals surface area contributed by atoms with Gasteiger partial charge in [-0.1, -0.05) is 12.1 Å². The largest absolute Gasteiger partial charge is 0.392 e. The molecule has 1 aromatic rings. The maximum Gasteiger partial charge on any atom is 0.229 e. The Labute approximate surface area is 117 Å². The van der Waals surface area contributed by atoms with E-state index in [1.54, 1.807) is 24.3 Å². The Kier molecular flexibility index (Phi) is 3.44. The van der Waals surface area contributed by atoms with Crippen LogP contribution in [0.4, 0.5) is 5.69 Å². The van der Waals surface area contributed by atoms with Gasteiger partial charge in [0.1, 0.15) is 0 Å². The van der Waals surface area contributed by atoms with Crippen molar-refractivity contribution >= 4 is 17.5 Å². The van der Waals surface area contributed by atoms with Crippen LogP contribution in [0.5, 0.6) is 0 Å². The van der Waals surface area contributed by atoms with Crippen molar-refractivity contribution in [1.82, 2.24) is 4.90 Å². The van der Waals surface area contributed by atoms with E-state index in [-0.39, 0.29) is 24.3 Å². The number of hydrogen-bond acceptors (Lipinski definition) is 3. The molecule has 1 heterocycles. The van der Waals surface area contributed by atoms with Crippen molar-refractivity contribution in [2.45, 2.75) is 31.9 Å². The minimum atomic E-state index is -0.249. The molecule has 2 aliphatic rings. The van der Waals surface area contributed by atoms with E-state index in [0.29, 0.717) is 24.7 Å². The Morgan fingerprint density at radius 3 is 2.60 bits per heavy atom. The van der Waals surface area contributed by atoms with Crippen molar-refractivity contribution in [3.63, 3.8) is 0 Å². The van der Waals surface area contributed by atoms with Gasteiger partial charge in [-0.2, -0.15) is 0 Å². The van der Waals surface area contributed by atoms with Crippen LogP contribution in [-0.2, 0) is 16.2 Å². The van der Waals surface area contributed by atoms with Crippen molar-refractivity contribution in [3.05, 3.63) is 29.8 Å². The van der Waals surface area contributed by atoms with Crippen LogP contribution in [0, 0.1) is 5.92 Å². The third-order valence-corrected chi connectivity index (χ3v) is 3.92. The molecule has 5 nitrogen and oxygen atoms in total. The summed E-state index contributed by atoms with van der Waals surface area (Å²) in [5, 5.41) is 11.8. The number of aliphatic hydroxyl groups excluding tert-OH is 1. The predicted molar refractivity (Wildman–Crippen MR) is 73.8 cm³/mol. The van der Waals surface area contributed by atoms with Gasteiger partial charge in [-0.3, -0.25) is 9.59 Å². The van der Waals surface area contributed by atoms with Crippen LogP contribution in [-0.4, -0.2) is 34.4 Å². The molecule has 20 heavy (non-hydrogen) atoms. The van der Waals surface area contributed by atoms with Gasteiger partial charge in [0, 0.05) is 24.7 Å². The molecule has 1 aliphatic carbocycles. The van der Waals surface area contributed by atoms with Gasteiger partial charge >= 0.3 is 0 Å². The lowest BCUT2D eigenvalue weighted by molar-refractivity contribution is -0.128. The molecule has 1 aromatic carbocycles. The van der Waals surface area contributed by atoms with Crippen LogP contribution in [0.25, 0.3) is 0 Å². The van der Waals surface area contributed by atoms with Crippen molar-refractivity contribution in [1.29, 1.82) is 0 Å². The first-order chi connectivity index (χ1) is 9.67. The molecule has 1 saturated heterocycles. The zero-order valence-electron chi connectivity index (χ0n) is 11.2. The second kappa shape index (κ2) is 5.25. The van der Waals surface area contributed by atoms with Crippen LogP contribution in [0.15, 0.2) is 24.3 Å². The van der Waals surface area contributed by atoms with Crippen LogP contribution >= 0.6 is 0 Å². The lowest BCUT2D eigenvalue weighted by atomic mass is 10.1. The first-order valence-electron chi connectivity index (χ1n) is 6.97. The van der Waals surface area contributed by atoms with E-state index >= 15 is 0 Å². The SMILES string of the molecule is O=C(Nc1ccc(CO)cc1)C1CC(=O)N(C2CC2)C1. The second-order valence-electron chi connectivity index (χ2n) is 5.52. The number of likely N-dealkylation sites (tertiary alicyclic amines) is 1. The molecule has 2 N–H and O–H groups in total. The van der Waals surface area contributed by atoms with Crippen LogP contribution in [0.1, 0.15) is 24.8 Å². The molecule has 0 aromatic heterocycles. The number of rotatable bonds is 4. The van der Waals surface area contributed by atoms with Crippen LogP contribution in [0.2, 0.25) is 0 Å². The molecule has 3 rings (SSSR count). The summed E-state index contributed by atoms with van der Waals surface area (Å²) in [6.07, 6.45) is 2.46. The zero-order chi connectivity index (χ0) is 14.1. The number of carbonyl (C=O) groups is 2. The average molecular weight is 274 g/mol. The molecule has 2 fully saturated rings. The number of amides is 2. The van der Waals surface area contributed by atoms with E-state index < -0.39 is 0 Å². The molecule has 0 bridgehead atoms. The fourth-order valence-electron chi connectivity index (χ4n) is 2.58. The molecule has 0 radical (unpaired) electrons. The topological polar surface area (TPSA) is 69.6 Å². The molecular formula is C15H18N2O3. The maximum absolute atomic E-state index is 12.2. The van der Waals surface area contributed by atoms with Crippen LogP contribution < -0.4 is 5.32 Å². The van der Waals surface area contributed by atoms with Crippen molar-refractivity contribution in [3.8, 4) is 0 Å². The molecule has 1 atom stereocenters. The van der Waals surface area contributed by atoms with Crippen molar-refractivity contribution in [2.24, 2.45) is 5.92 Å². The minimum Gasteiger partial charge on any atom is -0.392 e. The zero-order valence-corrected chi connectivity index (χ0v) is 11.2. The van der Waals surface area contributed by atoms with Gasteiger partial charge < -0.3 is 15.3 Å². The van der Waals surface area contributed by atoms with Crippen molar-refractivity contribution in [2.75, 3.05) is 11.9 Å². The van der Waals surface area contributed by atoms with Gasteiger partial charge in [-0.05, 0) is 30.5 Å². The molecule has 5 heteroatoms. The quantitative estimate of drug-likeness (QED) is 0.864. The second-order valence-corrected chi connectivity index (χ2v) is 5.52. The van der Waals surface area contributed by atoms with Crippen molar-refractivity contribution < 1.29 is 14.7 Å². The van der Waals surface area contributed by atoms with Gasteiger partial charge in [-0.25, -0.2) is 0 Å².